The molecule has 0 bridgehead atoms. The Labute approximate surface area is 177 Å². The highest BCUT2D eigenvalue weighted by Gasteiger charge is 2.21. The molecule has 8 nitrogen and oxygen atoms in total. The predicted octanol–water partition coefficient (Wildman–Crippen LogP) is 2.29. The van der Waals surface area contributed by atoms with E-state index in [9.17, 15) is 18.0 Å². The normalized spacial score (nSPS) is 11.1. The average Bonchev–Trinajstić information content (AvgIpc) is 2.68. The summed E-state index contributed by atoms with van der Waals surface area (Å²) < 4.78 is 33.2. The van der Waals surface area contributed by atoms with E-state index in [0.717, 1.165) is 11.1 Å². The van der Waals surface area contributed by atoms with Crippen LogP contribution in [0, 0.1) is 20.8 Å². The highest BCUT2D eigenvalue weighted by Crippen LogP contribution is 2.30. The first-order valence-corrected chi connectivity index (χ1v) is 10.9. The maximum absolute atomic E-state index is 12.7. The van der Waals surface area contributed by atoms with Crippen LogP contribution in [0.5, 0.6) is 5.75 Å². The van der Waals surface area contributed by atoms with Gasteiger partial charge in [0, 0.05) is 31.3 Å². The molecule has 2 aromatic rings. The molecule has 0 aromatic heterocycles. The molecule has 0 saturated carbocycles. The van der Waals surface area contributed by atoms with Crippen LogP contribution in [0.15, 0.2) is 35.2 Å². The first-order chi connectivity index (χ1) is 14.1. The number of ether oxygens (including phenoxy) is 1. The van der Waals surface area contributed by atoms with Crippen LogP contribution >= 0.6 is 0 Å². The molecule has 0 aliphatic heterocycles. The van der Waals surface area contributed by atoms with E-state index in [4.69, 9.17) is 4.74 Å². The van der Waals surface area contributed by atoms with Crippen LogP contribution in [0.1, 0.15) is 34.0 Å². The number of benzene rings is 2. The van der Waals surface area contributed by atoms with Crippen molar-refractivity contribution in [1.82, 2.24) is 10.0 Å². The lowest BCUT2D eigenvalue weighted by Gasteiger charge is -2.16. The molecule has 2 amide bonds. The molecule has 0 radical (unpaired) electrons. The van der Waals surface area contributed by atoms with Gasteiger partial charge in [0.15, 0.2) is 0 Å². The van der Waals surface area contributed by atoms with Gasteiger partial charge in [0.05, 0.1) is 12.0 Å². The van der Waals surface area contributed by atoms with E-state index in [2.05, 4.69) is 15.4 Å². The molecule has 3 N–H and O–H groups in total. The van der Waals surface area contributed by atoms with Crippen molar-refractivity contribution in [1.29, 1.82) is 0 Å². The third-order valence-corrected chi connectivity index (χ3v) is 6.23. The van der Waals surface area contributed by atoms with E-state index in [1.807, 2.05) is 6.92 Å². The lowest BCUT2D eigenvalue weighted by Crippen LogP contribution is -2.35. The van der Waals surface area contributed by atoms with E-state index in [1.165, 1.54) is 6.92 Å². The van der Waals surface area contributed by atoms with Crippen molar-refractivity contribution < 1.29 is 22.7 Å². The van der Waals surface area contributed by atoms with Gasteiger partial charge in [0.2, 0.25) is 15.9 Å². The number of methoxy groups -OCH3 is 1. The van der Waals surface area contributed by atoms with E-state index in [1.54, 1.807) is 51.3 Å². The van der Waals surface area contributed by atoms with Crippen molar-refractivity contribution in [3.8, 4) is 5.75 Å². The standard InChI is InChI=1S/C21H27N3O5S/c1-13-12-19(14(2)15(3)20(13)29-5)30(27,28)23-11-10-22-21(26)17-6-8-18(9-7-17)24-16(4)25/h6-9,12,23H,10-11H2,1-5H3,(H,22,26)(H,24,25). The van der Waals surface area contributed by atoms with Gasteiger partial charge in [-0.1, -0.05) is 0 Å². The molecule has 2 rings (SSSR count). The lowest BCUT2D eigenvalue weighted by molar-refractivity contribution is -0.114. The molecule has 30 heavy (non-hydrogen) atoms. The van der Waals surface area contributed by atoms with Gasteiger partial charge in [-0.15, -0.1) is 0 Å². The number of amides is 2. The summed E-state index contributed by atoms with van der Waals surface area (Å²) >= 11 is 0. The Hall–Kier alpha value is -2.91. The summed E-state index contributed by atoms with van der Waals surface area (Å²) in [7, 11) is -2.18. The molecule has 0 saturated heterocycles. The van der Waals surface area contributed by atoms with Crippen molar-refractivity contribution >= 4 is 27.5 Å². The fraction of sp³-hybridized carbons (Fsp3) is 0.333. The second-order valence-corrected chi connectivity index (χ2v) is 8.62. The van der Waals surface area contributed by atoms with Gasteiger partial charge < -0.3 is 15.4 Å². The molecule has 0 aliphatic rings. The number of sulfonamides is 1. The van der Waals surface area contributed by atoms with Gasteiger partial charge in [-0.25, -0.2) is 13.1 Å². The zero-order chi connectivity index (χ0) is 22.5. The Bertz CT molecular complexity index is 1050. The van der Waals surface area contributed by atoms with Crippen LogP contribution in [-0.2, 0) is 14.8 Å². The first-order valence-electron chi connectivity index (χ1n) is 9.37. The highest BCUT2D eigenvalue weighted by atomic mass is 32.2. The van der Waals surface area contributed by atoms with Crippen molar-refractivity contribution in [3.05, 3.63) is 52.6 Å². The molecule has 0 unspecified atom stereocenters. The summed E-state index contributed by atoms with van der Waals surface area (Å²) in [5, 5.41) is 5.29. The van der Waals surface area contributed by atoms with Crippen LogP contribution < -0.4 is 20.1 Å². The Morgan fingerprint density at radius 2 is 1.63 bits per heavy atom. The Morgan fingerprint density at radius 3 is 2.20 bits per heavy atom. The summed E-state index contributed by atoms with van der Waals surface area (Å²) in [5.41, 5.74) is 3.12. The van der Waals surface area contributed by atoms with Crippen molar-refractivity contribution in [3.63, 3.8) is 0 Å². The molecular weight excluding hydrogens is 406 g/mol. The third kappa shape index (κ3) is 5.58. The van der Waals surface area contributed by atoms with Crippen LogP contribution in [0.2, 0.25) is 0 Å². The maximum atomic E-state index is 12.7. The average molecular weight is 434 g/mol. The number of rotatable bonds is 8. The molecule has 9 heteroatoms. The van der Waals surface area contributed by atoms with Crippen LogP contribution in [0.25, 0.3) is 0 Å². The first kappa shape index (κ1) is 23.4. The van der Waals surface area contributed by atoms with Crippen LogP contribution in [-0.4, -0.2) is 40.4 Å². The third-order valence-electron chi connectivity index (χ3n) is 4.64. The van der Waals surface area contributed by atoms with Gasteiger partial charge in [0.25, 0.3) is 5.91 Å². The van der Waals surface area contributed by atoms with E-state index >= 15 is 0 Å². The Morgan fingerprint density at radius 1 is 1.00 bits per heavy atom. The largest absolute Gasteiger partial charge is 0.496 e. The van der Waals surface area contributed by atoms with Crippen molar-refractivity contribution in [2.24, 2.45) is 0 Å². The Kier molecular flexibility index (Phi) is 7.58. The quantitative estimate of drug-likeness (QED) is 0.553. The molecule has 0 spiro atoms. The minimum Gasteiger partial charge on any atom is -0.496 e. The number of carbonyl (C=O) groups excluding carboxylic acids is 2. The van der Waals surface area contributed by atoms with Gasteiger partial charge in [-0.2, -0.15) is 0 Å². The van der Waals surface area contributed by atoms with Gasteiger partial charge in [-0.3, -0.25) is 9.59 Å². The second kappa shape index (κ2) is 9.73. The number of nitrogens with one attached hydrogen (secondary N) is 3. The van der Waals surface area contributed by atoms with Gasteiger partial charge in [0.1, 0.15) is 5.75 Å². The fourth-order valence-corrected chi connectivity index (χ4v) is 4.48. The fourth-order valence-electron chi connectivity index (χ4n) is 3.06. The van der Waals surface area contributed by atoms with Gasteiger partial charge >= 0.3 is 0 Å². The number of hydrogen-bond donors (Lipinski definition) is 3. The summed E-state index contributed by atoms with van der Waals surface area (Å²) in [5.74, 6) is 0.135. The van der Waals surface area contributed by atoms with Gasteiger partial charge in [-0.05, 0) is 67.8 Å². The lowest BCUT2D eigenvalue weighted by atomic mass is 10.1. The smallest absolute Gasteiger partial charge is 0.251 e. The molecule has 0 atom stereocenters. The van der Waals surface area contributed by atoms with E-state index < -0.39 is 10.0 Å². The molecule has 0 aliphatic carbocycles. The monoisotopic (exact) mass is 433 g/mol. The number of anilines is 1. The summed E-state index contributed by atoms with van der Waals surface area (Å²) in [6.45, 7) is 6.91. The molecule has 2 aromatic carbocycles. The molecule has 162 valence electrons. The van der Waals surface area contributed by atoms with Crippen molar-refractivity contribution in [2.45, 2.75) is 32.6 Å². The van der Waals surface area contributed by atoms with Crippen molar-refractivity contribution in [2.75, 3.05) is 25.5 Å². The topological polar surface area (TPSA) is 114 Å². The summed E-state index contributed by atoms with van der Waals surface area (Å²) in [4.78, 5) is 23.4. The second-order valence-electron chi connectivity index (χ2n) is 6.89. The Balaban J connectivity index is 1.96. The minimum atomic E-state index is -3.74. The van der Waals surface area contributed by atoms with Crippen LogP contribution in [0.4, 0.5) is 5.69 Å². The summed E-state index contributed by atoms with van der Waals surface area (Å²) in [6, 6.07) is 7.99. The van der Waals surface area contributed by atoms with E-state index in [-0.39, 0.29) is 29.8 Å². The number of hydrogen-bond acceptors (Lipinski definition) is 5. The SMILES string of the molecule is COc1c(C)cc(S(=O)(=O)NCCNC(=O)c2ccc(NC(C)=O)cc2)c(C)c1C. The maximum Gasteiger partial charge on any atom is 0.251 e. The number of aryl methyl sites for hydroxylation is 1. The summed E-state index contributed by atoms with van der Waals surface area (Å²) in [6.07, 6.45) is 0. The zero-order valence-corrected chi connectivity index (χ0v) is 18.6. The molecule has 0 heterocycles. The molecular formula is C21H27N3O5S. The van der Waals surface area contributed by atoms with Crippen LogP contribution in [0.3, 0.4) is 0 Å². The predicted molar refractivity (Wildman–Crippen MR) is 115 cm³/mol. The highest BCUT2D eigenvalue weighted by molar-refractivity contribution is 7.89. The molecule has 0 fully saturated rings. The zero-order valence-electron chi connectivity index (χ0n) is 17.8. The number of carbonyl (C=O) groups is 2. The minimum absolute atomic E-state index is 0.0433. The van der Waals surface area contributed by atoms with E-state index in [0.29, 0.717) is 22.6 Å².